The van der Waals surface area contributed by atoms with Crippen LogP contribution < -0.4 is 5.32 Å². The Balaban J connectivity index is 1.63. The van der Waals surface area contributed by atoms with Gasteiger partial charge in [0, 0.05) is 24.2 Å². The van der Waals surface area contributed by atoms with E-state index in [4.69, 9.17) is 0 Å². The first-order valence-electron chi connectivity index (χ1n) is 9.25. The van der Waals surface area contributed by atoms with Gasteiger partial charge in [-0.15, -0.1) is 0 Å². The van der Waals surface area contributed by atoms with Crippen molar-refractivity contribution in [3.63, 3.8) is 0 Å². The maximum Gasteiger partial charge on any atom is 0.293 e. The van der Waals surface area contributed by atoms with Crippen LogP contribution in [0.3, 0.4) is 0 Å². The number of rotatable bonds is 6. The van der Waals surface area contributed by atoms with Crippen molar-refractivity contribution < 1.29 is 23.2 Å². The Kier molecular flexibility index (Phi) is 6.36. The number of halogens is 2. The van der Waals surface area contributed by atoms with E-state index in [1.54, 1.807) is 38.1 Å². The van der Waals surface area contributed by atoms with E-state index in [1.807, 2.05) is 0 Å². The van der Waals surface area contributed by atoms with Gasteiger partial charge in [0.2, 0.25) is 5.91 Å². The van der Waals surface area contributed by atoms with E-state index in [0.29, 0.717) is 0 Å². The third kappa shape index (κ3) is 4.43. The molecule has 2 aromatic rings. The van der Waals surface area contributed by atoms with Crippen molar-refractivity contribution in [3.8, 4) is 0 Å². The van der Waals surface area contributed by atoms with Crippen molar-refractivity contribution in [2.75, 3.05) is 13.1 Å². The van der Waals surface area contributed by atoms with Crippen molar-refractivity contribution in [2.24, 2.45) is 0 Å². The summed E-state index contributed by atoms with van der Waals surface area (Å²) in [6.07, 6.45) is 1.33. The Labute approximate surface area is 177 Å². The Hall–Kier alpha value is -3.00. The van der Waals surface area contributed by atoms with Crippen LogP contribution in [-0.4, -0.2) is 35.0 Å². The fourth-order valence-electron chi connectivity index (χ4n) is 3.02. The molecular weight excluding hydrogens is 410 g/mol. The van der Waals surface area contributed by atoms with Gasteiger partial charge in [0.15, 0.2) is 0 Å². The molecule has 0 spiro atoms. The van der Waals surface area contributed by atoms with Gasteiger partial charge in [0.05, 0.1) is 10.3 Å². The van der Waals surface area contributed by atoms with E-state index in [0.717, 1.165) is 16.7 Å². The van der Waals surface area contributed by atoms with Gasteiger partial charge < -0.3 is 5.32 Å². The second-order valence-corrected chi connectivity index (χ2v) is 8.21. The van der Waals surface area contributed by atoms with Gasteiger partial charge in [-0.1, -0.05) is 36.4 Å². The van der Waals surface area contributed by atoms with Gasteiger partial charge >= 0.3 is 0 Å². The molecule has 1 N–H and O–H groups in total. The molecule has 30 heavy (non-hydrogen) atoms. The average Bonchev–Trinajstić information content (AvgIpc) is 2.97. The molecule has 0 unspecified atom stereocenters. The van der Waals surface area contributed by atoms with Crippen molar-refractivity contribution in [2.45, 2.75) is 19.3 Å². The first-order chi connectivity index (χ1) is 14.2. The normalized spacial score (nSPS) is 15.7. The zero-order valence-corrected chi connectivity index (χ0v) is 17.3. The number of benzene rings is 2. The van der Waals surface area contributed by atoms with Gasteiger partial charge in [-0.25, -0.2) is 8.78 Å². The maximum absolute atomic E-state index is 14.1. The standard InChI is InChI=1S/C22H20F2N2O3S/c1-22(2,15-8-4-6-10-17(15)24)20(28)25-11-12-26-19(27)18(30-21(26)29)13-14-7-3-5-9-16(14)23/h3-10,13H,11-12H2,1-2H3,(H,25,28). The number of carbonyl (C=O) groups excluding carboxylic acids is 3. The molecule has 0 aliphatic carbocycles. The van der Waals surface area contributed by atoms with Crippen LogP contribution in [0.2, 0.25) is 0 Å². The van der Waals surface area contributed by atoms with Crippen LogP contribution in [0, 0.1) is 11.6 Å². The highest BCUT2D eigenvalue weighted by atomic mass is 32.2. The fraction of sp³-hybridized carbons (Fsp3) is 0.227. The van der Waals surface area contributed by atoms with Crippen LogP contribution in [0.25, 0.3) is 6.08 Å². The smallest absolute Gasteiger partial charge is 0.293 e. The fourth-order valence-corrected chi connectivity index (χ4v) is 3.87. The molecule has 156 valence electrons. The van der Waals surface area contributed by atoms with E-state index < -0.39 is 34.1 Å². The molecule has 3 amide bonds. The molecule has 1 fully saturated rings. The number of amides is 3. The minimum atomic E-state index is -1.13. The van der Waals surface area contributed by atoms with Gasteiger partial charge in [-0.3, -0.25) is 19.3 Å². The Bertz CT molecular complexity index is 1040. The Morgan fingerprint density at radius 3 is 2.37 bits per heavy atom. The van der Waals surface area contributed by atoms with Gasteiger partial charge in [0.1, 0.15) is 11.6 Å². The van der Waals surface area contributed by atoms with Crippen molar-refractivity contribution in [1.82, 2.24) is 10.2 Å². The Morgan fingerprint density at radius 1 is 1.07 bits per heavy atom. The summed E-state index contributed by atoms with van der Waals surface area (Å²) in [5.74, 6) is -1.95. The van der Waals surface area contributed by atoms with Crippen molar-refractivity contribution in [3.05, 3.63) is 76.2 Å². The maximum atomic E-state index is 14.1. The lowest BCUT2D eigenvalue weighted by molar-refractivity contribution is -0.127. The zero-order chi connectivity index (χ0) is 21.9. The number of hydrogen-bond donors (Lipinski definition) is 1. The summed E-state index contributed by atoms with van der Waals surface area (Å²) in [6.45, 7) is 3.16. The first kappa shape index (κ1) is 21.7. The van der Waals surface area contributed by atoms with Gasteiger partial charge in [-0.2, -0.15) is 0 Å². The van der Waals surface area contributed by atoms with Crippen LogP contribution in [0.4, 0.5) is 13.6 Å². The summed E-state index contributed by atoms with van der Waals surface area (Å²) in [5, 5.41) is 2.15. The van der Waals surface area contributed by atoms with E-state index in [1.165, 1.54) is 30.3 Å². The molecule has 0 radical (unpaired) electrons. The lowest BCUT2D eigenvalue weighted by Crippen LogP contribution is -2.44. The Morgan fingerprint density at radius 2 is 1.70 bits per heavy atom. The van der Waals surface area contributed by atoms with Crippen LogP contribution in [0.1, 0.15) is 25.0 Å². The molecule has 0 atom stereocenters. The number of carbonyl (C=O) groups is 3. The van der Waals surface area contributed by atoms with Crippen molar-refractivity contribution >= 4 is 34.9 Å². The second kappa shape index (κ2) is 8.79. The molecular formula is C22H20F2N2O3S. The van der Waals surface area contributed by atoms with Crippen molar-refractivity contribution in [1.29, 1.82) is 0 Å². The summed E-state index contributed by atoms with van der Waals surface area (Å²) in [6, 6.07) is 12.0. The molecule has 1 heterocycles. The van der Waals surface area contributed by atoms with Crippen LogP contribution in [0.15, 0.2) is 53.4 Å². The largest absolute Gasteiger partial charge is 0.354 e. The van der Waals surface area contributed by atoms with Gasteiger partial charge in [0.25, 0.3) is 11.1 Å². The summed E-state index contributed by atoms with van der Waals surface area (Å²) >= 11 is 0.718. The molecule has 5 nitrogen and oxygen atoms in total. The molecule has 1 aliphatic rings. The number of nitrogens with zero attached hydrogens (tertiary/aromatic N) is 1. The summed E-state index contributed by atoms with van der Waals surface area (Å²) in [5.41, 5.74) is -0.668. The topological polar surface area (TPSA) is 66.5 Å². The average molecular weight is 430 g/mol. The predicted molar refractivity (Wildman–Crippen MR) is 112 cm³/mol. The molecule has 0 aromatic heterocycles. The summed E-state index contributed by atoms with van der Waals surface area (Å²) in [7, 11) is 0. The quantitative estimate of drug-likeness (QED) is 0.701. The summed E-state index contributed by atoms with van der Waals surface area (Å²) < 4.78 is 27.9. The minimum absolute atomic E-state index is 0.0156. The highest BCUT2D eigenvalue weighted by molar-refractivity contribution is 8.18. The third-order valence-corrected chi connectivity index (χ3v) is 5.71. The zero-order valence-electron chi connectivity index (χ0n) is 16.4. The van der Waals surface area contributed by atoms with Crippen LogP contribution in [0.5, 0.6) is 0 Å². The molecule has 1 aliphatic heterocycles. The third-order valence-electron chi connectivity index (χ3n) is 4.80. The first-order valence-corrected chi connectivity index (χ1v) is 10.1. The number of hydrogen-bond acceptors (Lipinski definition) is 4. The van der Waals surface area contributed by atoms with Crippen LogP contribution in [-0.2, 0) is 15.0 Å². The molecule has 8 heteroatoms. The van der Waals surface area contributed by atoms with E-state index in [2.05, 4.69) is 5.32 Å². The van der Waals surface area contributed by atoms with E-state index in [9.17, 15) is 23.2 Å². The van der Waals surface area contributed by atoms with Crippen LogP contribution >= 0.6 is 11.8 Å². The number of imide groups is 1. The number of nitrogens with one attached hydrogen (secondary N) is 1. The second-order valence-electron chi connectivity index (χ2n) is 7.22. The molecule has 1 saturated heterocycles. The molecule has 0 saturated carbocycles. The molecule has 0 bridgehead atoms. The highest BCUT2D eigenvalue weighted by Gasteiger charge is 2.36. The van der Waals surface area contributed by atoms with E-state index in [-0.39, 0.29) is 29.1 Å². The lowest BCUT2D eigenvalue weighted by Gasteiger charge is -2.25. The summed E-state index contributed by atoms with van der Waals surface area (Å²) in [4.78, 5) is 38.4. The van der Waals surface area contributed by atoms with E-state index >= 15 is 0 Å². The SMILES string of the molecule is CC(C)(C(=O)NCCN1C(=O)SC(=Cc2ccccc2F)C1=O)c1ccccc1F. The molecule has 2 aromatic carbocycles. The highest BCUT2D eigenvalue weighted by Crippen LogP contribution is 2.32. The lowest BCUT2D eigenvalue weighted by atomic mass is 9.83. The predicted octanol–water partition coefficient (Wildman–Crippen LogP) is 4.10. The van der Waals surface area contributed by atoms with Gasteiger partial charge in [-0.05, 0) is 43.8 Å². The monoisotopic (exact) mass is 430 g/mol. The molecule has 3 rings (SSSR count). The number of thioether (sulfide) groups is 1. The minimum Gasteiger partial charge on any atom is -0.354 e.